The molecule has 5 nitrogen and oxygen atoms in total. The van der Waals surface area contributed by atoms with E-state index in [0.717, 1.165) is 32.1 Å². The van der Waals surface area contributed by atoms with Crippen molar-refractivity contribution in [3.8, 4) is 0 Å². The fraction of sp³-hybridized carbons (Fsp3) is 0.941. The molecule has 3 atom stereocenters. The number of amides is 1. The lowest BCUT2D eigenvalue weighted by molar-refractivity contribution is -0.127. The number of rotatable bonds is 6. The van der Waals surface area contributed by atoms with Crippen LogP contribution < -0.4 is 5.32 Å². The highest BCUT2D eigenvalue weighted by Crippen LogP contribution is 2.39. The molecule has 2 saturated heterocycles. The third-order valence-corrected chi connectivity index (χ3v) is 6.06. The maximum Gasteiger partial charge on any atom is 0.225 e. The summed E-state index contributed by atoms with van der Waals surface area (Å²) >= 11 is 0. The van der Waals surface area contributed by atoms with E-state index in [1.54, 1.807) is 0 Å². The van der Waals surface area contributed by atoms with Crippen LogP contribution in [0.3, 0.4) is 0 Å². The van der Waals surface area contributed by atoms with Crippen LogP contribution in [-0.2, 0) is 9.53 Å². The molecule has 0 aromatic carbocycles. The second kappa shape index (κ2) is 6.85. The van der Waals surface area contributed by atoms with Crippen molar-refractivity contribution in [2.75, 3.05) is 26.7 Å². The van der Waals surface area contributed by atoms with Gasteiger partial charge in [0.2, 0.25) is 5.91 Å². The molecule has 1 aliphatic carbocycles. The highest BCUT2D eigenvalue weighted by molar-refractivity contribution is 5.79. The van der Waals surface area contributed by atoms with E-state index >= 15 is 0 Å². The summed E-state index contributed by atoms with van der Waals surface area (Å²) in [5.41, 5.74) is 0.0229. The van der Waals surface area contributed by atoms with Crippen molar-refractivity contribution >= 4 is 5.91 Å². The minimum absolute atomic E-state index is 0.0229. The van der Waals surface area contributed by atoms with Crippen molar-refractivity contribution in [2.24, 2.45) is 5.92 Å². The van der Waals surface area contributed by atoms with Gasteiger partial charge in [-0.2, -0.15) is 0 Å². The molecular weight excluding hydrogens is 280 g/mol. The fourth-order valence-electron chi connectivity index (χ4n) is 4.59. The Morgan fingerprint density at radius 3 is 2.68 bits per heavy atom. The molecule has 3 fully saturated rings. The minimum Gasteiger partial charge on any atom is -0.395 e. The topological polar surface area (TPSA) is 61.8 Å². The van der Waals surface area contributed by atoms with Gasteiger partial charge in [-0.25, -0.2) is 0 Å². The van der Waals surface area contributed by atoms with Crippen LogP contribution in [0.5, 0.6) is 0 Å². The van der Waals surface area contributed by atoms with Crippen LogP contribution in [0, 0.1) is 5.92 Å². The molecular formula is C17H30N2O3. The van der Waals surface area contributed by atoms with Crippen molar-refractivity contribution in [3.05, 3.63) is 0 Å². The molecule has 3 aliphatic rings. The lowest BCUT2D eigenvalue weighted by Gasteiger charge is -2.45. The first-order valence-corrected chi connectivity index (χ1v) is 8.90. The molecule has 2 aliphatic heterocycles. The molecule has 1 amide bonds. The van der Waals surface area contributed by atoms with Gasteiger partial charge in [-0.15, -0.1) is 0 Å². The second-order valence-corrected chi connectivity index (χ2v) is 7.36. The van der Waals surface area contributed by atoms with E-state index in [-0.39, 0.29) is 30.1 Å². The van der Waals surface area contributed by atoms with Crippen LogP contribution in [0.15, 0.2) is 0 Å². The van der Waals surface area contributed by atoms with Gasteiger partial charge in [-0.05, 0) is 39.2 Å². The molecule has 0 radical (unpaired) electrons. The van der Waals surface area contributed by atoms with Gasteiger partial charge in [0.25, 0.3) is 0 Å². The minimum atomic E-state index is 0.0229. The first-order valence-electron chi connectivity index (χ1n) is 8.90. The number of aliphatic hydroxyl groups excluding tert-OH is 1. The maximum atomic E-state index is 12.5. The number of hydrogen-bond donors (Lipinski definition) is 2. The molecule has 0 aromatic heterocycles. The molecule has 126 valence electrons. The Morgan fingerprint density at radius 2 is 2.09 bits per heavy atom. The van der Waals surface area contributed by atoms with Crippen molar-refractivity contribution in [2.45, 2.75) is 69.1 Å². The smallest absolute Gasteiger partial charge is 0.225 e. The van der Waals surface area contributed by atoms with Gasteiger partial charge in [0.1, 0.15) is 0 Å². The monoisotopic (exact) mass is 310 g/mol. The number of carbonyl (C=O) groups is 1. The van der Waals surface area contributed by atoms with Gasteiger partial charge in [-0.3, -0.25) is 9.69 Å². The van der Waals surface area contributed by atoms with Crippen LogP contribution in [0.2, 0.25) is 0 Å². The van der Waals surface area contributed by atoms with Crippen LogP contribution in [-0.4, -0.2) is 60.4 Å². The predicted molar refractivity (Wildman–Crippen MR) is 84.5 cm³/mol. The molecule has 2 heterocycles. The Morgan fingerprint density at radius 1 is 1.32 bits per heavy atom. The summed E-state index contributed by atoms with van der Waals surface area (Å²) in [5, 5.41) is 12.5. The van der Waals surface area contributed by atoms with Crippen molar-refractivity contribution in [3.63, 3.8) is 0 Å². The summed E-state index contributed by atoms with van der Waals surface area (Å²) in [4.78, 5) is 14.8. The van der Waals surface area contributed by atoms with Crippen molar-refractivity contribution in [1.29, 1.82) is 0 Å². The van der Waals surface area contributed by atoms with E-state index in [4.69, 9.17) is 4.74 Å². The molecule has 5 heteroatoms. The highest BCUT2D eigenvalue weighted by Gasteiger charge is 2.45. The van der Waals surface area contributed by atoms with Gasteiger partial charge >= 0.3 is 0 Å². The zero-order chi connectivity index (χ0) is 15.6. The number of nitrogens with one attached hydrogen (secondary N) is 1. The average Bonchev–Trinajstić information content (AvgIpc) is 3.17. The van der Waals surface area contributed by atoms with E-state index in [1.807, 2.05) is 0 Å². The number of carbonyl (C=O) groups excluding carboxylic acids is 1. The number of β-amino-alcohol motifs (C(OH)–C–C–N with tert-alkyl or cyclic N) is 1. The average molecular weight is 310 g/mol. The van der Waals surface area contributed by atoms with E-state index in [0.29, 0.717) is 19.2 Å². The van der Waals surface area contributed by atoms with Crippen molar-refractivity contribution in [1.82, 2.24) is 10.2 Å². The fourth-order valence-corrected chi connectivity index (χ4v) is 4.59. The summed E-state index contributed by atoms with van der Waals surface area (Å²) in [6.07, 6.45) is 9.46. The Balaban J connectivity index is 1.57. The molecule has 3 rings (SSSR count). The zero-order valence-corrected chi connectivity index (χ0v) is 13.7. The van der Waals surface area contributed by atoms with Crippen LogP contribution in [0.1, 0.15) is 51.4 Å². The summed E-state index contributed by atoms with van der Waals surface area (Å²) in [7, 11) is 2.08. The quantitative estimate of drug-likeness (QED) is 0.776. The SMILES string of the molecule is CN(CCO)C1(CNC(=O)[C@H]2C[C@H]3CC[C@H]2O3)CCCCC1. The Kier molecular flexibility index (Phi) is 5.05. The number of hydrogen-bond acceptors (Lipinski definition) is 4. The molecule has 0 unspecified atom stereocenters. The molecule has 0 spiro atoms. The zero-order valence-electron chi connectivity index (χ0n) is 13.7. The number of fused-ring (bicyclic) bond motifs is 2. The van der Waals surface area contributed by atoms with E-state index in [9.17, 15) is 9.90 Å². The van der Waals surface area contributed by atoms with E-state index in [2.05, 4.69) is 17.3 Å². The summed E-state index contributed by atoms with van der Waals surface area (Å²) in [5.74, 6) is 0.233. The predicted octanol–water partition coefficient (Wildman–Crippen LogP) is 1.30. The largest absolute Gasteiger partial charge is 0.395 e. The number of likely N-dealkylation sites (N-methyl/N-ethyl adjacent to an activating group) is 1. The summed E-state index contributed by atoms with van der Waals surface area (Å²) in [6, 6.07) is 0. The summed E-state index contributed by atoms with van der Waals surface area (Å²) < 4.78 is 5.80. The molecule has 2 N–H and O–H groups in total. The van der Waals surface area contributed by atoms with E-state index in [1.165, 1.54) is 19.3 Å². The second-order valence-electron chi connectivity index (χ2n) is 7.36. The first-order chi connectivity index (χ1) is 10.6. The third-order valence-electron chi connectivity index (χ3n) is 6.06. The van der Waals surface area contributed by atoms with Gasteiger partial charge in [0.05, 0.1) is 24.7 Å². The van der Waals surface area contributed by atoms with E-state index < -0.39 is 0 Å². The summed E-state index contributed by atoms with van der Waals surface area (Å²) in [6.45, 7) is 1.55. The van der Waals surface area contributed by atoms with Gasteiger partial charge < -0.3 is 15.2 Å². The van der Waals surface area contributed by atoms with Crippen molar-refractivity contribution < 1.29 is 14.6 Å². The van der Waals surface area contributed by atoms with Crippen LogP contribution in [0.4, 0.5) is 0 Å². The van der Waals surface area contributed by atoms with Gasteiger partial charge in [0, 0.05) is 18.6 Å². The van der Waals surface area contributed by atoms with Gasteiger partial charge in [0.15, 0.2) is 0 Å². The lowest BCUT2D eigenvalue weighted by Crippen LogP contribution is -2.56. The lowest BCUT2D eigenvalue weighted by atomic mass is 9.80. The Labute approximate surface area is 133 Å². The molecule has 22 heavy (non-hydrogen) atoms. The Hall–Kier alpha value is -0.650. The maximum absolute atomic E-state index is 12.5. The standard InChI is InChI=1S/C17H30N2O3/c1-19(9-10-20)17(7-3-2-4-8-17)12-18-16(21)14-11-13-5-6-15(14)22-13/h13-15,20H,2-12H2,1H3,(H,18,21)/t13-,14+,15-/m1/s1. The highest BCUT2D eigenvalue weighted by atomic mass is 16.5. The normalized spacial score (nSPS) is 33.3. The van der Waals surface area contributed by atoms with Gasteiger partial charge in [-0.1, -0.05) is 19.3 Å². The molecule has 1 saturated carbocycles. The van der Waals surface area contributed by atoms with Crippen LogP contribution >= 0.6 is 0 Å². The van der Waals surface area contributed by atoms with Crippen LogP contribution in [0.25, 0.3) is 0 Å². The number of aliphatic hydroxyl groups is 1. The Bertz CT molecular complexity index is 395. The third kappa shape index (κ3) is 3.17. The first kappa shape index (κ1) is 16.2. The molecule has 2 bridgehead atoms. The molecule has 0 aromatic rings. The number of ether oxygens (including phenoxy) is 1. The number of nitrogens with zero attached hydrogens (tertiary/aromatic N) is 1.